The first-order valence-electron chi connectivity index (χ1n) is 5.83. The Morgan fingerprint density at radius 1 is 1.68 bits per heavy atom. The lowest BCUT2D eigenvalue weighted by molar-refractivity contribution is -0.385. The topological polar surface area (TPSA) is 136 Å². The summed E-state index contributed by atoms with van der Waals surface area (Å²) in [6.45, 7) is 1.04. The van der Waals surface area contributed by atoms with Gasteiger partial charge in [-0.3, -0.25) is 19.6 Å². The Kier molecular flexibility index (Phi) is 5.90. The van der Waals surface area contributed by atoms with E-state index in [1.165, 1.54) is 10.9 Å². The predicted molar refractivity (Wildman–Crippen MR) is 66.2 cm³/mol. The number of aromatic nitrogens is 2. The molecule has 0 saturated carbocycles. The Labute approximate surface area is 109 Å². The van der Waals surface area contributed by atoms with Crippen molar-refractivity contribution in [3.63, 3.8) is 0 Å². The Hall–Kier alpha value is -2.00. The van der Waals surface area contributed by atoms with Crippen LogP contribution in [-0.4, -0.2) is 44.9 Å². The summed E-state index contributed by atoms with van der Waals surface area (Å²) >= 11 is 0. The highest BCUT2D eigenvalue weighted by Crippen LogP contribution is 2.07. The van der Waals surface area contributed by atoms with Gasteiger partial charge in [0, 0.05) is 13.0 Å². The van der Waals surface area contributed by atoms with E-state index in [-0.39, 0.29) is 18.1 Å². The summed E-state index contributed by atoms with van der Waals surface area (Å²) in [6.07, 6.45) is 2.58. The average molecular weight is 271 g/mol. The van der Waals surface area contributed by atoms with Gasteiger partial charge < -0.3 is 16.2 Å². The lowest BCUT2D eigenvalue weighted by Crippen LogP contribution is -2.31. The highest BCUT2D eigenvalue weighted by Gasteiger charge is 2.11. The molecule has 0 aromatic carbocycles. The van der Waals surface area contributed by atoms with Crippen molar-refractivity contribution in [1.82, 2.24) is 15.1 Å². The lowest BCUT2D eigenvalue weighted by Gasteiger charge is -2.11. The number of aliphatic hydroxyl groups excluding tert-OH is 1. The van der Waals surface area contributed by atoms with Crippen LogP contribution in [0.25, 0.3) is 0 Å². The molecule has 0 aliphatic heterocycles. The van der Waals surface area contributed by atoms with Crippen LogP contribution < -0.4 is 11.1 Å². The maximum atomic E-state index is 10.5. The highest BCUT2D eigenvalue weighted by atomic mass is 16.6. The molecule has 1 unspecified atom stereocenters. The first-order valence-corrected chi connectivity index (χ1v) is 5.83. The third-order valence-electron chi connectivity index (χ3n) is 2.38. The Morgan fingerprint density at radius 2 is 2.42 bits per heavy atom. The van der Waals surface area contributed by atoms with Crippen molar-refractivity contribution in [1.29, 1.82) is 0 Å². The van der Waals surface area contributed by atoms with Crippen LogP contribution in [-0.2, 0) is 11.3 Å². The lowest BCUT2D eigenvalue weighted by atomic mass is 10.3. The molecule has 1 aromatic rings. The van der Waals surface area contributed by atoms with Gasteiger partial charge in [-0.05, 0) is 13.0 Å². The first-order chi connectivity index (χ1) is 8.99. The van der Waals surface area contributed by atoms with Crippen LogP contribution in [0.2, 0.25) is 0 Å². The SMILES string of the molecule is NC(=O)CCCNCC(O)Cn1cc([N+](=O)[O-])cn1. The van der Waals surface area contributed by atoms with Crippen molar-refractivity contribution >= 4 is 11.6 Å². The van der Waals surface area contributed by atoms with E-state index in [0.29, 0.717) is 25.9 Å². The molecule has 1 amide bonds. The Morgan fingerprint density at radius 3 is 3.00 bits per heavy atom. The van der Waals surface area contributed by atoms with Crippen molar-refractivity contribution < 1.29 is 14.8 Å². The molecule has 1 rings (SSSR count). The number of aliphatic hydroxyl groups is 1. The zero-order valence-corrected chi connectivity index (χ0v) is 10.4. The molecule has 19 heavy (non-hydrogen) atoms. The fourth-order valence-electron chi connectivity index (χ4n) is 1.48. The van der Waals surface area contributed by atoms with Gasteiger partial charge in [-0.25, -0.2) is 0 Å². The van der Waals surface area contributed by atoms with E-state index < -0.39 is 11.0 Å². The number of nitro groups is 1. The van der Waals surface area contributed by atoms with Gasteiger partial charge >= 0.3 is 5.69 Å². The normalized spacial score (nSPS) is 12.3. The van der Waals surface area contributed by atoms with E-state index in [1.807, 2.05) is 0 Å². The zero-order valence-electron chi connectivity index (χ0n) is 10.4. The molecule has 1 aromatic heterocycles. The first kappa shape index (κ1) is 15.1. The molecule has 0 saturated heterocycles. The van der Waals surface area contributed by atoms with Crippen molar-refractivity contribution in [3.8, 4) is 0 Å². The molecule has 4 N–H and O–H groups in total. The number of primary amides is 1. The van der Waals surface area contributed by atoms with E-state index >= 15 is 0 Å². The smallest absolute Gasteiger partial charge is 0.306 e. The monoisotopic (exact) mass is 271 g/mol. The number of hydrogen-bond acceptors (Lipinski definition) is 6. The van der Waals surface area contributed by atoms with Gasteiger partial charge in [-0.2, -0.15) is 5.10 Å². The van der Waals surface area contributed by atoms with Gasteiger partial charge in [0.25, 0.3) is 0 Å². The molecule has 0 fully saturated rings. The van der Waals surface area contributed by atoms with Crippen LogP contribution in [0.3, 0.4) is 0 Å². The highest BCUT2D eigenvalue weighted by molar-refractivity contribution is 5.73. The second-order valence-electron chi connectivity index (χ2n) is 4.11. The van der Waals surface area contributed by atoms with Crippen LogP contribution in [0.4, 0.5) is 5.69 Å². The van der Waals surface area contributed by atoms with Gasteiger partial charge in [0.1, 0.15) is 12.4 Å². The van der Waals surface area contributed by atoms with E-state index in [9.17, 15) is 20.0 Å². The number of nitrogens with one attached hydrogen (secondary N) is 1. The predicted octanol–water partition coefficient (Wildman–Crippen LogP) is -0.993. The molecule has 1 heterocycles. The quantitative estimate of drug-likeness (QED) is 0.299. The molecule has 1 atom stereocenters. The summed E-state index contributed by atoms with van der Waals surface area (Å²) in [6, 6.07) is 0. The van der Waals surface area contributed by atoms with Gasteiger partial charge in [0.2, 0.25) is 5.91 Å². The van der Waals surface area contributed by atoms with Crippen molar-refractivity contribution in [2.75, 3.05) is 13.1 Å². The second kappa shape index (κ2) is 7.44. The Balaban J connectivity index is 2.21. The van der Waals surface area contributed by atoms with E-state index in [0.717, 1.165) is 6.20 Å². The maximum Gasteiger partial charge on any atom is 0.306 e. The average Bonchev–Trinajstić information content (AvgIpc) is 2.76. The zero-order chi connectivity index (χ0) is 14.3. The molecule has 0 aliphatic rings. The second-order valence-corrected chi connectivity index (χ2v) is 4.11. The van der Waals surface area contributed by atoms with Crippen LogP contribution in [0.15, 0.2) is 12.4 Å². The fraction of sp³-hybridized carbons (Fsp3) is 0.600. The summed E-state index contributed by atoms with van der Waals surface area (Å²) in [4.78, 5) is 20.4. The number of amides is 1. The molecular weight excluding hydrogens is 254 g/mol. The number of rotatable bonds is 9. The van der Waals surface area contributed by atoms with Crippen LogP contribution in [0, 0.1) is 10.1 Å². The number of nitrogens with two attached hydrogens (primary N) is 1. The molecule has 9 heteroatoms. The van der Waals surface area contributed by atoms with E-state index in [1.54, 1.807) is 0 Å². The fourth-order valence-corrected chi connectivity index (χ4v) is 1.48. The summed E-state index contributed by atoms with van der Waals surface area (Å²) in [7, 11) is 0. The van der Waals surface area contributed by atoms with Crippen LogP contribution >= 0.6 is 0 Å². The van der Waals surface area contributed by atoms with Crippen molar-refractivity contribution in [2.45, 2.75) is 25.5 Å². The van der Waals surface area contributed by atoms with Crippen LogP contribution in [0.5, 0.6) is 0 Å². The minimum absolute atomic E-state index is 0.110. The summed E-state index contributed by atoms with van der Waals surface area (Å²) in [5.74, 6) is -0.355. The third kappa shape index (κ3) is 5.93. The maximum absolute atomic E-state index is 10.5. The minimum atomic E-state index is -0.715. The van der Waals surface area contributed by atoms with Gasteiger partial charge in [-0.15, -0.1) is 0 Å². The number of hydrogen-bond donors (Lipinski definition) is 3. The number of carbonyl (C=O) groups excluding carboxylic acids is 1. The Bertz CT molecular complexity index is 433. The third-order valence-corrected chi connectivity index (χ3v) is 2.38. The van der Waals surface area contributed by atoms with E-state index in [4.69, 9.17) is 5.73 Å². The van der Waals surface area contributed by atoms with Gasteiger partial charge in [-0.1, -0.05) is 0 Å². The van der Waals surface area contributed by atoms with Crippen molar-refractivity contribution in [3.05, 3.63) is 22.5 Å². The standard InChI is InChI=1S/C10H17N5O4/c11-10(17)2-1-3-12-5-9(16)7-14-6-8(4-13-14)15(18)19/h4,6,9,12,16H,1-3,5,7H2,(H2,11,17). The number of carbonyl (C=O) groups is 1. The summed E-state index contributed by atoms with van der Waals surface area (Å²) in [5.41, 5.74) is 4.87. The van der Waals surface area contributed by atoms with Crippen molar-refractivity contribution in [2.24, 2.45) is 5.73 Å². The molecule has 0 radical (unpaired) electrons. The molecule has 0 aliphatic carbocycles. The van der Waals surface area contributed by atoms with Gasteiger partial charge in [0.15, 0.2) is 0 Å². The molecule has 0 spiro atoms. The van der Waals surface area contributed by atoms with Crippen LogP contribution in [0.1, 0.15) is 12.8 Å². The molecule has 0 bridgehead atoms. The number of nitrogens with zero attached hydrogens (tertiary/aromatic N) is 3. The van der Waals surface area contributed by atoms with E-state index in [2.05, 4.69) is 10.4 Å². The molecular formula is C10H17N5O4. The molecule has 106 valence electrons. The van der Waals surface area contributed by atoms with Gasteiger partial charge in [0.05, 0.1) is 17.6 Å². The minimum Gasteiger partial charge on any atom is -0.390 e. The summed E-state index contributed by atoms with van der Waals surface area (Å²) in [5, 5.41) is 26.8. The summed E-state index contributed by atoms with van der Waals surface area (Å²) < 4.78 is 1.31. The molecule has 9 nitrogen and oxygen atoms in total. The largest absolute Gasteiger partial charge is 0.390 e.